The summed E-state index contributed by atoms with van der Waals surface area (Å²) in [4.78, 5) is 20.1. The molecule has 1 unspecified atom stereocenters. The lowest BCUT2D eigenvalue weighted by atomic mass is 9.56. The van der Waals surface area contributed by atoms with Crippen LogP contribution in [0.2, 0.25) is 0 Å². The lowest BCUT2D eigenvalue weighted by molar-refractivity contribution is 0.107. The molecule has 2 aliphatic heterocycles. The molecule has 5 rings (SSSR count). The van der Waals surface area contributed by atoms with Crippen LogP contribution >= 0.6 is 15.9 Å². The lowest BCUT2D eigenvalue weighted by Crippen LogP contribution is -2.46. The van der Waals surface area contributed by atoms with Gasteiger partial charge in [0.25, 0.3) is 0 Å². The molecule has 134 valence electrons. The van der Waals surface area contributed by atoms with E-state index in [1.54, 1.807) is 6.33 Å². The molecule has 0 N–H and O–H groups in total. The van der Waals surface area contributed by atoms with Crippen LogP contribution in [0.25, 0.3) is 11.5 Å². The van der Waals surface area contributed by atoms with Crippen molar-refractivity contribution >= 4 is 34.3 Å². The second kappa shape index (κ2) is 6.30. The van der Waals surface area contributed by atoms with Crippen molar-refractivity contribution in [3.8, 4) is 11.5 Å². The summed E-state index contributed by atoms with van der Waals surface area (Å²) in [7, 11) is 0. The van der Waals surface area contributed by atoms with Gasteiger partial charge in [0.15, 0.2) is 5.82 Å². The minimum atomic E-state index is -0.215. The molecule has 27 heavy (non-hydrogen) atoms. The van der Waals surface area contributed by atoms with Gasteiger partial charge in [0.2, 0.25) is 0 Å². The molecule has 1 atom stereocenters. The fourth-order valence-corrected chi connectivity index (χ4v) is 4.40. The largest absolute Gasteiger partial charge is 0.393 e. The third kappa shape index (κ3) is 2.70. The Morgan fingerprint density at radius 2 is 2.15 bits per heavy atom. The number of aromatic nitrogens is 4. The van der Waals surface area contributed by atoms with Gasteiger partial charge in [0.05, 0.1) is 0 Å². The van der Waals surface area contributed by atoms with E-state index in [9.17, 15) is 4.79 Å². The number of carbonyl (C=O) groups is 1. The number of carbonyl (C=O) groups excluding carboxylic acids is 1. The number of hydrogen-bond donors (Lipinski definition) is 0. The van der Waals surface area contributed by atoms with Crippen LogP contribution in [0.3, 0.4) is 0 Å². The first kappa shape index (κ1) is 16.7. The third-order valence-corrected chi connectivity index (χ3v) is 6.02. The van der Waals surface area contributed by atoms with E-state index < -0.39 is 0 Å². The Hall–Kier alpha value is -2.48. The minimum absolute atomic E-state index is 0.171. The molecule has 8 heteroatoms. The molecule has 0 spiro atoms. The molecule has 6 nitrogen and oxygen atoms in total. The van der Waals surface area contributed by atoms with Gasteiger partial charge in [-0.05, 0) is 49.5 Å². The number of benzene rings is 1. The standard InChI is InChI=1S/C19H17BBrN5O/c1-12-7-8-26(20-10-13-5-6-14(21)9-15(13)18(20)27)17-4-2-3-16(23-17)19-24-22-11-25(12)19/h2-6,9,11-12H,7-8,10H2,1H3. The SMILES string of the molecule is CC1CCN(B2Cc3ccc(Br)cc3C2=O)c2cccc(n2)-c2nncn21. The van der Waals surface area contributed by atoms with Gasteiger partial charge in [0, 0.05) is 22.6 Å². The molecular weight excluding hydrogens is 405 g/mol. The van der Waals surface area contributed by atoms with Gasteiger partial charge in [-0.1, -0.05) is 28.1 Å². The fourth-order valence-electron chi connectivity index (χ4n) is 4.04. The highest BCUT2D eigenvalue weighted by Crippen LogP contribution is 2.31. The van der Waals surface area contributed by atoms with E-state index in [-0.39, 0.29) is 18.6 Å². The molecule has 0 amide bonds. The fraction of sp³-hybridized carbons (Fsp3) is 0.263. The zero-order valence-corrected chi connectivity index (χ0v) is 16.4. The molecule has 2 aliphatic rings. The predicted molar refractivity (Wildman–Crippen MR) is 108 cm³/mol. The predicted octanol–water partition coefficient (Wildman–Crippen LogP) is 3.38. The Morgan fingerprint density at radius 3 is 3.04 bits per heavy atom. The first-order valence-electron chi connectivity index (χ1n) is 9.08. The number of fused-ring (bicyclic) bond motifs is 5. The van der Waals surface area contributed by atoms with Crippen LogP contribution in [0.15, 0.2) is 47.2 Å². The second-order valence-corrected chi connectivity index (χ2v) is 8.08. The second-order valence-electron chi connectivity index (χ2n) is 7.16. The number of hydrogen-bond acceptors (Lipinski definition) is 5. The van der Waals surface area contributed by atoms with E-state index in [1.807, 2.05) is 36.4 Å². The maximum absolute atomic E-state index is 13.2. The van der Waals surface area contributed by atoms with Crippen molar-refractivity contribution in [2.75, 3.05) is 11.4 Å². The van der Waals surface area contributed by atoms with Gasteiger partial charge in [-0.15, -0.1) is 10.2 Å². The average Bonchev–Trinajstić information content (AvgIpc) is 3.28. The highest BCUT2D eigenvalue weighted by molar-refractivity contribution is 9.10. The molecule has 0 fully saturated rings. The Kier molecular flexibility index (Phi) is 3.89. The van der Waals surface area contributed by atoms with Crippen LogP contribution in [0.1, 0.15) is 35.3 Å². The molecule has 4 heterocycles. The molecule has 1 aromatic carbocycles. The summed E-state index contributed by atoms with van der Waals surface area (Å²) >= 11 is 3.48. The van der Waals surface area contributed by atoms with Gasteiger partial charge in [0.1, 0.15) is 23.5 Å². The van der Waals surface area contributed by atoms with Gasteiger partial charge >= 0.3 is 6.85 Å². The zero-order valence-electron chi connectivity index (χ0n) is 14.8. The highest BCUT2D eigenvalue weighted by atomic mass is 79.9. The summed E-state index contributed by atoms with van der Waals surface area (Å²) in [6.45, 7) is 2.69. The van der Waals surface area contributed by atoms with E-state index in [0.717, 1.165) is 45.9 Å². The Balaban J connectivity index is 1.57. The van der Waals surface area contributed by atoms with Crippen LogP contribution in [0.5, 0.6) is 0 Å². The van der Waals surface area contributed by atoms with E-state index in [1.165, 1.54) is 0 Å². The Bertz CT molecular complexity index is 1050. The quantitative estimate of drug-likeness (QED) is 0.563. The first-order chi connectivity index (χ1) is 13.1. The average molecular weight is 422 g/mol. The molecule has 2 bridgehead atoms. The maximum atomic E-state index is 13.2. The lowest BCUT2D eigenvalue weighted by Gasteiger charge is -2.28. The molecule has 2 aromatic heterocycles. The van der Waals surface area contributed by atoms with Crippen molar-refractivity contribution in [3.63, 3.8) is 0 Å². The van der Waals surface area contributed by atoms with Crippen molar-refractivity contribution in [2.24, 2.45) is 0 Å². The van der Waals surface area contributed by atoms with E-state index in [2.05, 4.69) is 42.4 Å². The van der Waals surface area contributed by atoms with E-state index in [0.29, 0.717) is 6.32 Å². The van der Waals surface area contributed by atoms with Gasteiger partial charge in [-0.2, -0.15) is 0 Å². The number of nitrogens with zero attached hydrogens (tertiary/aromatic N) is 5. The van der Waals surface area contributed by atoms with Crippen LogP contribution in [0.4, 0.5) is 5.82 Å². The van der Waals surface area contributed by atoms with E-state index >= 15 is 0 Å². The Morgan fingerprint density at radius 1 is 1.26 bits per heavy atom. The van der Waals surface area contributed by atoms with Crippen molar-refractivity contribution < 1.29 is 4.79 Å². The molecular formula is C19H17BBrN5O. The molecule has 0 aliphatic carbocycles. The first-order valence-corrected chi connectivity index (χ1v) is 9.87. The van der Waals surface area contributed by atoms with Gasteiger partial charge < -0.3 is 14.2 Å². The molecule has 0 radical (unpaired) electrons. The van der Waals surface area contributed by atoms with Crippen molar-refractivity contribution in [3.05, 3.63) is 58.3 Å². The number of anilines is 1. The summed E-state index contributed by atoms with van der Waals surface area (Å²) in [5, 5.41) is 8.33. The summed E-state index contributed by atoms with van der Waals surface area (Å²) in [5.41, 5.74) is 2.88. The smallest absolute Gasteiger partial charge is 0.345 e. The summed E-state index contributed by atoms with van der Waals surface area (Å²) in [6.07, 6.45) is 3.36. The monoisotopic (exact) mass is 421 g/mol. The summed E-state index contributed by atoms with van der Waals surface area (Å²) < 4.78 is 3.00. The van der Waals surface area contributed by atoms with Crippen molar-refractivity contribution in [1.82, 2.24) is 19.7 Å². The molecule has 3 aromatic rings. The third-order valence-electron chi connectivity index (χ3n) is 5.52. The van der Waals surface area contributed by atoms with Crippen LogP contribution in [-0.2, 0) is 6.32 Å². The normalized spacial score (nSPS) is 18.6. The number of halogens is 1. The van der Waals surface area contributed by atoms with Crippen molar-refractivity contribution in [1.29, 1.82) is 0 Å². The Labute approximate surface area is 165 Å². The maximum Gasteiger partial charge on any atom is 0.345 e. The van der Waals surface area contributed by atoms with Crippen LogP contribution < -0.4 is 4.81 Å². The summed E-state index contributed by atoms with van der Waals surface area (Å²) in [5.74, 6) is 1.59. The number of pyridine rings is 1. The molecule has 0 saturated heterocycles. The molecule has 0 saturated carbocycles. The minimum Gasteiger partial charge on any atom is -0.393 e. The van der Waals surface area contributed by atoms with E-state index in [4.69, 9.17) is 4.98 Å². The zero-order chi connectivity index (χ0) is 18.5. The van der Waals surface area contributed by atoms with Crippen LogP contribution in [-0.4, -0.2) is 38.8 Å². The van der Waals surface area contributed by atoms with Gasteiger partial charge in [-0.25, -0.2) is 4.98 Å². The number of rotatable bonds is 1. The summed E-state index contributed by atoms with van der Waals surface area (Å²) in [6, 6.07) is 12.1. The van der Waals surface area contributed by atoms with Crippen molar-refractivity contribution in [2.45, 2.75) is 25.7 Å². The van der Waals surface area contributed by atoms with Crippen LogP contribution in [0, 0.1) is 0 Å². The topological polar surface area (TPSA) is 63.9 Å². The van der Waals surface area contributed by atoms with Gasteiger partial charge in [-0.3, -0.25) is 0 Å². The highest BCUT2D eigenvalue weighted by Gasteiger charge is 2.40.